The van der Waals surface area contributed by atoms with Crippen LogP contribution >= 0.6 is 11.6 Å². The zero-order valence-corrected chi connectivity index (χ0v) is 20.4. The van der Waals surface area contributed by atoms with Crippen LogP contribution in [0.25, 0.3) is 0 Å². The molecule has 3 rings (SSSR count). The fourth-order valence-electron chi connectivity index (χ4n) is 3.07. The topological polar surface area (TPSA) is 98.3 Å². The molecule has 0 spiro atoms. The first-order valence-corrected chi connectivity index (χ1v) is 11.2. The largest absolute Gasteiger partial charge is 0.495 e. The van der Waals surface area contributed by atoms with Crippen LogP contribution in [0.4, 0.5) is 5.69 Å². The van der Waals surface area contributed by atoms with Gasteiger partial charge in [-0.1, -0.05) is 41.4 Å². The minimum atomic E-state index is -0.391. The van der Waals surface area contributed by atoms with Gasteiger partial charge in [-0.25, -0.2) is 5.43 Å². The van der Waals surface area contributed by atoms with E-state index >= 15 is 0 Å². The van der Waals surface area contributed by atoms with Crippen LogP contribution in [-0.4, -0.2) is 38.4 Å². The van der Waals surface area contributed by atoms with Crippen molar-refractivity contribution in [2.24, 2.45) is 5.10 Å². The van der Waals surface area contributed by atoms with E-state index in [1.807, 2.05) is 26.0 Å². The maximum Gasteiger partial charge on any atom is 0.271 e. The summed E-state index contributed by atoms with van der Waals surface area (Å²) in [5.74, 6) is 0.379. The lowest BCUT2D eigenvalue weighted by atomic mass is 10.1. The van der Waals surface area contributed by atoms with Gasteiger partial charge in [0.1, 0.15) is 5.75 Å². The number of halogens is 1. The van der Waals surface area contributed by atoms with E-state index in [4.69, 9.17) is 25.8 Å². The first kappa shape index (κ1) is 25.6. The molecule has 35 heavy (non-hydrogen) atoms. The summed E-state index contributed by atoms with van der Waals surface area (Å²) < 4.78 is 16.5. The van der Waals surface area contributed by atoms with E-state index in [-0.39, 0.29) is 23.3 Å². The Morgan fingerprint density at radius 1 is 1.03 bits per heavy atom. The third kappa shape index (κ3) is 7.22. The van der Waals surface area contributed by atoms with Gasteiger partial charge < -0.3 is 19.5 Å². The number of ether oxygens (including phenoxy) is 3. The van der Waals surface area contributed by atoms with Crippen molar-refractivity contribution in [1.82, 2.24) is 5.43 Å². The average Bonchev–Trinajstić information content (AvgIpc) is 2.84. The lowest BCUT2D eigenvalue weighted by molar-refractivity contribution is -0.118. The number of benzene rings is 3. The molecule has 0 fully saturated rings. The van der Waals surface area contributed by atoms with Crippen LogP contribution in [0, 0.1) is 6.92 Å². The summed E-state index contributed by atoms with van der Waals surface area (Å²) in [4.78, 5) is 24.6. The molecule has 0 heterocycles. The second-order valence-corrected chi connectivity index (χ2v) is 7.77. The van der Waals surface area contributed by atoms with Gasteiger partial charge in [0.15, 0.2) is 18.1 Å². The number of methoxy groups -OCH3 is 1. The average molecular weight is 496 g/mol. The molecule has 3 aromatic rings. The molecule has 0 saturated carbocycles. The molecule has 0 atom stereocenters. The molecular formula is C26H26ClN3O5. The van der Waals surface area contributed by atoms with Crippen LogP contribution in [0.3, 0.4) is 0 Å². The second kappa shape index (κ2) is 12.4. The number of hydrazone groups is 1. The molecule has 0 aliphatic carbocycles. The second-order valence-electron chi connectivity index (χ2n) is 7.37. The maximum absolute atomic E-state index is 12.4. The molecule has 0 aliphatic rings. The number of anilines is 1. The zero-order valence-electron chi connectivity index (χ0n) is 19.6. The van der Waals surface area contributed by atoms with Gasteiger partial charge in [-0.15, -0.1) is 0 Å². The Labute approximate surface area is 208 Å². The number of carbonyl (C=O) groups is 2. The molecule has 0 aliphatic heterocycles. The van der Waals surface area contributed by atoms with Gasteiger partial charge in [0, 0.05) is 5.56 Å². The highest BCUT2D eigenvalue weighted by molar-refractivity contribution is 6.32. The number of para-hydroxylation sites is 2. The summed E-state index contributed by atoms with van der Waals surface area (Å²) in [6, 6.07) is 17.4. The standard InChI is InChI=1S/C26H26ClN3O5/c1-4-34-23-14-18(15-28-30-26(32)19-11-9-17(2)10-12-19)13-20(27)25(23)35-16-24(31)29-21-7-5-6-8-22(21)33-3/h5-15H,4,16H2,1-3H3,(H,29,31)(H,30,32)/b28-15+. The van der Waals surface area contributed by atoms with E-state index in [0.717, 1.165) is 5.56 Å². The number of aryl methyl sites for hydroxylation is 1. The van der Waals surface area contributed by atoms with E-state index in [1.54, 1.807) is 48.5 Å². The molecule has 9 heteroatoms. The summed E-state index contributed by atoms with van der Waals surface area (Å²) in [5.41, 5.74) is 5.14. The predicted molar refractivity (Wildman–Crippen MR) is 136 cm³/mol. The third-order valence-electron chi connectivity index (χ3n) is 4.75. The molecule has 2 amide bonds. The van der Waals surface area contributed by atoms with E-state index in [0.29, 0.717) is 34.9 Å². The molecule has 8 nitrogen and oxygen atoms in total. The molecule has 0 radical (unpaired) electrons. The van der Waals surface area contributed by atoms with E-state index in [2.05, 4.69) is 15.8 Å². The van der Waals surface area contributed by atoms with Gasteiger partial charge in [0.05, 0.1) is 30.6 Å². The van der Waals surface area contributed by atoms with Crippen LogP contribution in [0.2, 0.25) is 5.02 Å². The Hall–Kier alpha value is -4.04. The Bertz CT molecular complexity index is 1210. The molecule has 182 valence electrons. The Morgan fingerprint density at radius 3 is 2.49 bits per heavy atom. The number of hydrogen-bond acceptors (Lipinski definition) is 6. The molecule has 0 bridgehead atoms. The number of amides is 2. The highest BCUT2D eigenvalue weighted by Gasteiger charge is 2.15. The van der Waals surface area contributed by atoms with Crippen molar-refractivity contribution < 1.29 is 23.8 Å². The smallest absolute Gasteiger partial charge is 0.271 e. The minimum Gasteiger partial charge on any atom is -0.495 e. The van der Waals surface area contributed by atoms with Gasteiger partial charge in [-0.05, 0) is 55.8 Å². The van der Waals surface area contributed by atoms with Gasteiger partial charge in [0.25, 0.3) is 11.8 Å². The van der Waals surface area contributed by atoms with Crippen LogP contribution in [-0.2, 0) is 4.79 Å². The van der Waals surface area contributed by atoms with Crippen molar-refractivity contribution >= 4 is 35.3 Å². The zero-order chi connectivity index (χ0) is 25.2. The predicted octanol–water partition coefficient (Wildman–Crippen LogP) is 4.84. The van der Waals surface area contributed by atoms with Crippen molar-refractivity contribution in [2.75, 3.05) is 25.6 Å². The Morgan fingerprint density at radius 2 is 1.77 bits per heavy atom. The van der Waals surface area contributed by atoms with Gasteiger partial charge in [-0.2, -0.15) is 5.10 Å². The fourth-order valence-corrected chi connectivity index (χ4v) is 3.35. The van der Waals surface area contributed by atoms with E-state index < -0.39 is 5.91 Å². The lowest BCUT2D eigenvalue weighted by Gasteiger charge is -2.15. The molecule has 2 N–H and O–H groups in total. The minimum absolute atomic E-state index is 0.226. The quantitative estimate of drug-likeness (QED) is 0.310. The Balaban J connectivity index is 1.66. The summed E-state index contributed by atoms with van der Waals surface area (Å²) in [7, 11) is 1.52. The maximum atomic E-state index is 12.4. The van der Waals surface area contributed by atoms with Crippen LogP contribution in [0.15, 0.2) is 65.8 Å². The summed E-state index contributed by atoms with van der Waals surface area (Å²) in [6.07, 6.45) is 1.44. The summed E-state index contributed by atoms with van der Waals surface area (Å²) in [6.45, 7) is 3.82. The first-order chi connectivity index (χ1) is 16.9. The van der Waals surface area contributed by atoms with Crippen molar-refractivity contribution in [3.8, 4) is 17.2 Å². The molecule has 3 aromatic carbocycles. The number of hydrogen-bond donors (Lipinski definition) is 2. The normalized spacial score (nSPS) is 10.6. The highest BCUT2D eigenvalue weighted by Crippen LogP contribution is 2.36. The molecule has 0 aromatic heterocycles. The molecule has 0 saturated heterocycles. The highest BCUT2D eigenvalue weighted by atomic mass is 35.5. The van der Waals surface area contributed by atoms with Gasteiger partial charge in [0.2, 0.25) is 0 Å². The van der Waals surface area contributed by atoms with Gasteiger partial charge >= 0.3 is 0 Å². The van der Waals surface area contributed by atoms with Crippen molar-refractivity contribution in [1.29, 1.82) is 0 Å². The van der Waals surface area contributed by atoms with Crippen LogP contribution in [0.5, 0.6) is 17.2 Å². The van der Waals surface area contributed by atoms with Crippen LogP contribution < -0.4 is 25.0 Å². The van der Waals surface area contributed by atoms with Gasteiger partial charge in [-0.3, -0.25) is 9.59 Å². The van der Waals surface area contributed by atoms with Crippen LogP contribution in [0.1, 0.15) is 28.4 Å². The number of nitrogens with zero attached hydrogens (tertiary/aromatic N) is 1. The third-order valence-corrected chi connectivity index (χ3v) is 5.03. The van der Waals surface area contributed by atoms with Crippen molar-refractivity contribution in [3.05, 3.63) is 82.4 Å². The van der Waals surface area contributed by atoms with E-state index in [9.17, 15) is 9.59 Å². The molecule has 0 unspecified atom stereocenters. The molecular weight excluding hydrogens is 470 g/mol. The monoisotopic (exact) mass is 495 g/mol. The first-order valence-electron chi connectivity index (χ1n) is 10.8. The summed E-state index contributed by atoms with van der Waals surface area (Å²) >= 11 is 6.41. The Kier molecular flexibility index (Phi) is 9.09. The number of nitrogens with one attached hydrogen (secondary N) is 2. The number of rotatable bonds is 10. The number of carbonyl (C=O) groups excluding carboxylic acids is 2. The summed E-state index contributed by atoms with van der Waals surface area (Å²) in [5, 5.41) is 6.96. The van der Waals surface area contributed by atoms with Crippen molar-refractivity contribution in [3.63, 3.8) is 0 Å². The van der Waals surface area contributed by atoms with Crippen molar-refractivity contribution in [2.45, 2.75) is 13.8 Å². The van der Waals surface area contributed by atoms with E-state index in [1.165, 1.54) is 13.3 Å². The SMILES string of the molecule is CCOc1cc(/C=N/NC(=O)c2ccc(C)cc2)cc(Cl)c1OCC(=O)Nc1ccccc1OC. The lowest BCUT2D eigenvalue weighted by Crippen LogP contribution is -2.21. The fraction of sp³-hybridized carbons (Fsp3) is 0.192.